The molecule has 0 amide bonds. The zero-order valence-electron chi connectivity index (χ0n) is 11.3. The predicted molar refractivity (Wildman–Crippen MR) is 86.8 cm³/mol. The second-order valence-electron chi connectivity index (χ2n) is 4.69. The van der Waals surface area contributed by atoms with Crippen LogP contribution in [-0.2, 0) is 4.57 Å². The van der Waals surface area contributed by atoms with Gasteiger partial charge in [0.25, 0.3) is 0 Å². The van der Waals surface area contributed by atoms with Gasteiger partial charge in [-0.2, -0.15) is 0 Å². The van der Waals surface area contributed by atoms with Crippen LogP contribution in [0.3, 0.4) is 0 Å². The molecule has 2 rings (SSSR count). The lowest BCUT2D eigenvalue weighted by atomic mass is 10.1. The molecule has 118 valence electrons. The third kappa shape index (κ3) is 4.99. The van der Waals surface area contributed by atoms with Crippen molar-refractivity contribution in [3.05, 3.63) is 58.1 Å². The van der Waals surface area contributed by atoms with Gasteiger partial charge in [0, 0.05) is 16.1 Å². The Labute approximate surface area is 137 Å². The Hall–Kier alpha value is -1.07. The monoisotopic (exact) mass is 361 g/mol. The van der Waals surface area contributed by atoms with Crippen molar-refractivity contribution in [3.8, 4) is 11.5 Å². The molecule has 0 heterocycles. The van der Waals surface area contributed by atoms with Crippen molar-refractivity contribution >= 4 is 30.8 Å². The first-order chi connectivity index (χ1) is 10.2. The van der Waals surface area contributed by atoms with E-state index in [-0.39, 0.29) is 5.02 Å². The van der Waals surface area contributed by atoms with Crippen LogP contribution in [-0.4, -0.2) is 15.9 Å². The normalized spacial score (nSPS) is 13.0. The van der Waals surface area contributed by atoms with Gasteiger partial charge >= 0.3 is 7.60 Å². The summed E-state index contributed by atoms with van der Waals surface area (Å²) in [5.74, 6) is 1.08. The van der Waals surface area contributed by atoms with Gasteiger partial charge in [-0.25, -0.2) is 0 Å². The summed E-state index contributed by atoms with van der Waals surface area (Å²) in [7, 11) is -4.21. The zero-order valence-corrected chi connectivity index (χ0v) is 13.7. The lowest BCUT2D eigenvalue weighted by Crippen LogP contribution is -2.15. The predicted octanol–water partition coefficient (Wildman–Crippen LogP) is 3.96. The van der Waals surface area contributed by atoms with Crippen LogP contribution in [0, 0.1) is 0 Å². The van der Waals surface area contributed by atoms with Crippen LogP contribution in [0.25, 0.3) is 0 Å². The van der Waals surface area contributed by atoms with Crippen molar-refractivity contribution < 1.29 is 19.1 Å². The highest BCUT2D eigenvalue weighted by Gasteiger charge is 2.21. The number of nitrogens with two attached hydrogens (primary N) is 1. The molecule has 22 heavy (non-hydrogen) atoms. The van der Waals surface area contributed by atoms with Gasteiger partial charge in [-0.05, 0) is 42.0 Å². The van der Waals surface area contributed by atoms with Crippen molar-refractivity contribution in [2.24, 2.45) is 5.73 Å². The molecule has 0 saturated carbocycles. The van der Waals surface area contributed by atoms with Crippen LogP contribution >= 0.6 is 30.8 Å². The number of ether oxygens (including phenoxy) is 1. The maximum absolute atomic E-state index is 11.0. The van der Waals surface area contributed by atoms with E-state index < -0.39 is 19.8 Å². The van der Waals surface area contributed by atoms with E-state index in [1.165, 1.54) is 0 Å². The van der Waals surface area contributed by atoms with E-state index in [2.05, 4.69) is 0 Å². The second-order valence-corrected chi connectivity index (χ2v) is 7.23. The Bertz CT molecular complexity index is 702. The Balaban J connectivity index is 2.15. The topological polar surface area (TPSA) is 92.8 Å². The van der Waals surface area contributed by atoms with E-state index >= 15 is 0 Å². The Morgan fingerprint density at radius 3 is 2.23 bits per heavy atom. The molecule has 0 fully saturated rings. The largest absolute Gasteiger partial charge is 0.457 e. The van der Waals surface area contributed by atoms with Crippen molar-refractivity contribution in [2.45, 2.75) is 6.04 Å². The van der Waals surface area contributed by atoms with E-state index in [1.807, 2.05) is 0 Å². The maximum Gasteiger partial charge on any atom is 0.327 e. The minimum Gasteiger partial charge on any atom is -0.457 e. The number of hydrogen-bond donors (Lipinski definition) is 3. The molecule has 0 bridgehead atoms. The Morgan fingerprint density at radius 1 is 1.09 bits per heavy atom. The van der Waals surface area contributed by atoms with Crippen molar-refractivity contribution in [2.75, 3.05) is 6.16 Å². The quantitative estimate of drug-likeness (QED) is 0.700. The van der Waals surface area contributed by atoms with E-state index in [9.17, 15) is 4.57 Å². The van der Waals surface area contributed by atoms with Gasteiger partial charge in [0.2, 0.25) is 0 Å². The summed E-state index contributed by atoms with van der Waals surface area (Å²) in [6.45, 7) is 0. The molecule has 0 radical (unpaired) electrons. The molecule has 0 aliphatic carbocycles. The van der Waals surface area contributed by atoms with E-state index in [1.54, 1.807) is 42.5 Å². The molecular formula is C14H14Cl2NO4P. The second kappa shape index (κ2) is 7.01. The smallest absolute Gasteiger partial charge is 0.327 e. The standard InChI is InChI=1S/C14H14Cl2NO4P/c15-9-1-3-10(4-2-9)21-11-5-6-12(13(16)7-11)14(17)8-22(18,19)20/h1-7,14H,8,17H2,(H2,18,19,20). The van der Waals surface area contributed by atoms with Gasteiger partial charge in [0.15, 0.2) is 0 Å². The average Bonchev–Trinajstić information content (AvgIpc) is 2.39. The summed E-state index contributed by atoms with van der Waals surface area (Å²) in [6, 6.07) is 10.7. The van der Waals surface area contributed by atoms with Gasteiger partial charge in [-0.3, -0.25) is 4.57 Å². The highest BCUT2D eigenvalue weighted by atomic mass is 35.5. The number of halogens is 2. The molecule has 2 aromatic carbocycles. The molecule has 0 aromatic heterocycles. The molecule has 0 aliphatic rings. The molecule has 8 heteroatoms. The number of rotatable bonds is 5. The molecule has 4 N–H and O–H groups in total. The maximum atomic E-state index is 11.0. The molecular weight excluding hydrogens is 348 g/mol. The fourth-order valence-electron chi connectivity index (χ4n) is 1.87. The highest BCUT2D eigenvalue weighted by molar-refractivity contribution is 7.51. The van der Waals surface area contributed by atoms with Gasteiger partial charge in [-0.15, -0.1) is 0 Å². The molecule has 0 saturated heterocycles. The Kier molecular flexibility index (Phi) is 5.50. The minimum absolute atomic E-state index is 0.285. The summed E-state index contributed by atoms with van der Waals surface area (Å²) in [4.78, 5) is 17.9. The first kappa shape index (κ1) is 17.3. The number of hydrogen-bond acceptors (Lipinski definition) is 3. The summed E-state index contributed by atoms with van der Waals surface area (Å²) >= 11 is 11.9. The third-order valence-corrected chi connectivity index (χ3v) is 4.30. The third-order valence-electron chi connectivity index (χ3n) is 2.86. The lowest BCUT2D eigenvalue weighted by molar-refractivity contribution is 0.369. The molecule has 2 aromatic rings. The first-order valence-electron chi connectivity index (χ1n) is 6.27. The highest BCUT2D eigenvalue weighted by Crippen LogP contribution is 2.40. The SMILES string of the molecule is NC(CP(=O)(O)O)c1ccc(Oc2ccc(Cl)cc2)cc1Cl. The first-order valence-corrected chi connectivity index (χ1v) is 8.83. The summed E-state index contributed by atoms with van der Waals surface area (Å²) in [6.07, 6.45) is -0.468. The average molecular weight is 362 g/mol. The lowest BCUT2D eigenvalue weighted by Gasteiger charge is -2.15. The van der Waals surface area contributed by atoms with Crippen molar-refractivity contribution in [1.29, 1.82) is 0 Å². The van der Waals surface area contributed by atoms with Gasteiger partial charge in [0.05, 0.1) is 6.16 Å². The molecule has 5 nitrogen and oxygen atoms in total. The Morgan fingerprint density at radius 2 is 1.68 bits per heavy atom. The number of benzene rings is 2. The summed E-state index contributed by atoms with van der Waals surface area (Å²) < 4.78 is 16.6. The minimum atomic E-state index is -4.21. The fourth-order valence-corrected chi connectivity index (χ4v) is 3.01. The molecule has 1 atom stereocenters. The zero-order chi connectivity index (χ0) is 16.3. The van der Waals surface area contributed by atoms with Crippen molar-refractivity contribution in [1.82, 2.24) is 0 Å². The summed E-state index contributed by atoms with van der Waals surface area (Å²) in [5, 5.41) is 0.886. The van der Waals surface area contributed by atoms with Crippen LogP contribution in [0.4, 0.5) is 0 Å². The van der Waals surface area contributed by atoms with Crippen LogP contribution in [0.5, 0.6) is 11.5 Å². The van der Waals surface area contributed by atoms with Crippen LogP contribution < -0.4 is 10.5 Å². The summed E-state index contributed by atoms with van der Waals surface area (Å²) in [5.41, 5.74) is 6.22. The van der Waals surface area contributed by atoms with Gasteiger partial charge < -0.3 is 20.3 Å². The molecule has 0 aliphatic heterocycles. The van der Waals surface area contributed by atoms with Crippen molar-refractivity contribution in [3.63, 3.8) is 0 Å². The van der Waals surface area contributed by atoms with Gasteiger partial charge in [0.1, 0.15) is 11.5 Å². The fraction of sp³-hybridized carbons (Fsp3) is 0.143. The van der Waals surface area contributed by atoms with E-state index in [4.69, 9.17) is 43.5 Å². The van der Waals surface area contributed by atoms with Crippen LogP contribution in [0.1, 0.15) is 11.6 Å². The van der Waals surface area contributed by atoms with Crippen LogP contribution in [0.2, 0.25) is 10.0 Å². The van der Waals surface area contributed by atoms with Gasteiger partial charge in [-0.1, -0.05) is 29.3 Å². The molecule has 0 spiro atoms. The van der Waals surface area contributed by atoms with E-state index in [0.717, 1.165) is 0 Å². The van der Waals surface area contributed by atoms with E-state index in [0.29, 0.717) is 22.1 Å². The van der Waals surface area contributed by atoms with Crippen LogP contribution in [0.15, 0.2) is 42.5 Å². The molecule has 1 unspecified atom stereocenters.